The van der Waals surface area contributed by atoms with Gasteiger partial charge in [-0.1, -0.05) is 91.7 Å². The van der Waals surface area contributed by atoms with Crippen molar-refractivity contribution in [3.05, 3.63) is 95.6 Å². The minimum atomic E-state index is -1.03. The van der Waals surface area contributed by atoms with Gasteiger partial charge in [0.25, 0.3) is 0 Å². The number of rotatable bonds is 11. The van der Waals surface area contributed by atoms with Gasteiger partial charge in [-0.15, -0.1) is 0 Å². The molecular weight excluding hydrogens is 532 g/mol. The molecule has 0 saturated heterocycles. The van der Waals surface area contributed by atoms with Crippen LogP contribution in [0.3, 0.4) is 0 Å². The molecule has 0 aromatic heterocycles. The lowest BCUT2D eigenvalue weighted by atomic mass is 9.82. The van der Waals surface area contributed by atoms with E-state index in [4.69, 9.17) is 9.47 Å². The number of fused-ring (bicyclic) bond motifs is 3. The zero-order valence-electron chi connectivity index (χ0n) is 23.8. The average Bonchev–Trinajstić information content (AvgIpc) is 3.32. The highest BCUT2D eigenvalue weighted by Gasteiger charge is 2.35. The van der Waals surface area contributed by atoms with E-state index >= 15 is 0 Å². The van der Waals surface area contributed by atoms with Gasteiger partial charge < -0.3 is 25.2 Å². The first-order valence-corrected chi connectivity index (χ1v) is 14.7. The quantitative estimate of drug-likeness (QED) is 0.275. The Hall–Kier alpha value is -4.17. The van der Waals surface area contributed by atoms with Crippen molar-refractivity contribution in [1.82, 2.24) is 10.6 Å². The zero-order chi connectivity index (χ0) is 29.5. The first kappa shape index (κ1) is 29.3. The Morgan fingerprint density at radius 2 is 1.50 bits per heavy atom. The van der Waals surface area contributed by atoms with Crippen LogP contribution in [-0.2, 0) is 25.7 Å². The molecule has 42 heavy (non-hydrogen) atoms. The number of ether oxygens (including phenoxy) is 2. The summed E-state index contributed by atoms with van der Waals surface area (Å²) < 4.78 is 11.8. The van der Waals surface area contributed by atoms with Crippen LogP contribution in [0.2, 0.25) is 0 Å². The van der Waals surface area contributed by atoms with Gasteiger partial charge in [0.15, 0.2) is 0 Å². The number of carboxylic acid groups (broad SMARTS) is 1. The third kappa shape index (κ3) is 6.99. The van der Waals surface area contributed by atoms with E-state index in [1.165, 1.54) is 0 Å². The summed E-state index contributed by atoms with van der Waals surface area (Å²) in [6.07, 6.45) is 1.89. The zero-order valence-corrected chi connectivity index (χ0v) is 23.8. The van der Waals surface area contributed by atoms with E-state index in [0.717, 1.165) is 47.1 Å². The van der Waals surface area contributed by atoms with E-state index in [1.807, 2.05) is 54.6 Å². The van der Waals surface area contributed by atoms with Gasteiger partial charge in [-0.05, 0) is 53.5 Å². The molecule has 220 valence electrons. The van der Waals surface area contributed by atoms with Crippen molar-refractivity contribution < 1.29 is 29.0 Å². The van der Waals surface area contributed by atoms with Gasteiger partial charge in [0.05, 0.1) is 19.1 Å². The number of alkyl carbamates (subject to hydrolysis) is 1. The van der Waals surface area contributed by atoms with Crippen molar-refractivity contribution in [3.63, 3.8) is 0 Å². The van der Waals surface area contributed by atoms with Gasteiger partial charge >= 0.3 is 12.1 Å². The second kappa shape index (κ2) is 13.7. The van der Waals surface area contributed by atoms with Gasteiger partial charge in [0, 0.05) is 12.0 Å². The van der Waals surface area contributed by atoms with Crippen LogP contribution in [0.25, 0.3) is 11.1 Å². The minimum Gasteiger partial charge on any atom is -0.481 e. The van der Waals surface area contributed by atoms with Crippen LogP contribution in [0.5, 0.6) is 0 Å². The third-order valence-corrected chi connectivity index (χ3v) is 8.40. The first-order chi connectivity index (χ1) is 20.4. The molecule has 2 amide bonds. The number of carbonyl (C=O) groups excluding carboxylic acids is 2. The van der Waals surface area contributed by atoms with E-state index in [0.29, 0.717) is 6.42 Å². The first-order valence-electron chi connectivity index (χ1n) is 14.7. The van der Waals surface area contributed by atoms with Gasteiger partial charge in [-0.25, -0.2) is 4.79 Å². The van der Waals surface area contributed by atoms with Crippen molar-refractivity contribution in [2.75, 3.05) is 6.61 Å². The van der Waals surface area contributed by atoms with Crippen molar-refractivity contribution in [2.45, 2.75) is 69.7 Å². The smallest absolute Gasteiger partial charge is 0.407 e. The molecule has 8 heteroatoms. The monoisotopic (exact) mass is 570 g/mol. The van der Waals surface area contributed by atoms with Crippen molar-refractivity contribution in [3.8, 4) is 11.1 Å². The maximum Gasteiger partial charge on any atom is 0.407 e. The van der Waals surface area contributed by atoms with E-state index in [1.54, 1.807) is 6.92 Å². The number of amides is 2. The molecule has 5 rings (SSSR count). The molecule has 8 nitrogen and oxygen atoms in total. The number of carbonyl (C=O) groups is 3. The molecule has 0 aliphatic heterocycles. The largest absolute Gasteiger partial charge is 0.481 e. The van der Waals surface area contributed by atoms with Crippen molar-refractivity contribution in [2.24, 2.45) is 5.92 Å². The maximum absolute atomic E-state index is 13.6. The Morgan fingerprint density at radius 1 is 0.881 bits per heavy atom. The molecule has 3 N–H and O–H groups in total. The van der Waals surface area contributed by atoms with Gasteiger partial charge in [-0.3, -0.25) is 9.59 Å². The molecule has 0 bridgehead atoms. The molecule has 3 aromatic carbocycles. The fourth-order valence-electron chi connectivity index (χ4n) is 6.20. The molecule has 4 unspecified atom stereocenters. The second-order valence-electron chi connectivity index (χ2n) is 11.2. The third-order valence-electron chi connectivity index (χ3n) is 8.40. The molecule has 0 heterocycles. The summed E-state index contributed by atoms with van der Waals surface area (Å²) in [5.41, 5.74) is 5.40. The average molecular weight is 571 g/mol. The van der Waals surface area contributed by atoms with Crippen molar-refractivity contribution in [1.29, 1.82) is 0 Å². The lowest BCUT2D eigenvalue weighted by Crippen LogP contribution is -2.56. The van der Waals surface area contributed by atoms with Crippen LogP contribution in [0.15, 0.2) is 78.9 Å². The second-order valence-corrected chi connectivity index (χ2v) is 11.2. The van der Waals surface area contributed by atoms with Crippen LogP contribution in [0.1, 0.15) is 61.6 Å². The lowest BCUT2D eigenvalue weighted by Gasteiger charge is -2.33. The van der Waals surface area contributed by atoms with E-state index in [2.05, 4.69) is 34.9 Å². The number of carboxylic acids is 1. The minimum absolute atomic E-state index is 0.00448. The number of nitrogens with one attached hydrogen (secondary N) is 2. The number of hydrogen-bond donors (Lipinski definition) is 3. The molecule has 1 saturated carbocycles. The summed E-state index contributed by atoms with van der Waals surface area (Å²) in [6, 6.07) is 24.5. The summed E-state index contributed by atoms with van der Waals surface area (Å²) in [5.74, 6) is -1.56. The Morgan fingerprint density at radius 3 is 2.17 bits per heavy atom. The van der Waals surface area contributed by atoms with E-state index in [9.17, 15) is 19.5 Å². The van der Waals surface area contributed by atoms with Crippen LogP contribution in [0.4, 0.5) is 4.79 Å². The number of aliphatic carboxylic acids is 1. The van der Waals surface area contributed by atoms with Crippen LogP contribution < -0.4 is 10.6 Å². The van der Waals surface area contributed by atoms with E-state index in [-0.39, 0.29) is 37.5 Å². The Balaban J connectivity index is 1.27. The van der Waals surface area contributed by atoms with Crippen molar-refractivity contribution >= 4 is 18.0 Å². The van der Waals surface area contributed by atoms with Crippen LogP contribution >= 0.6 is 0 Å². The maximum atomic E-state index is 13.6. The summed E-state index contributed by atoms with van der Waals surface area (Å²) in [5, 5.41) is 15.2. The number of hydrogen-bond acceptors (Lipinski definition) is 5. The fourth-order valence-corrected chi connectivity index (χ4v) is 6.20. The number of benzene rings is 3. The Labute approximate surface area is 246 Å². The summed E-state index contributed by atoms with van der Waals surface area (Å²) in [4.78, 5) is 38.2. The van der Waals surface area contributed by atoms with Gasteiger partial charge in [-0.2, -0.15) is 0 Å². The molecule has 2 aliphatic rings. The SMILES string of the molecule is CC(OCc1ccccc1)C(NC(=O)OCC1c2ccccc2-c2ccccc21)C(=O)NC1CCCCC1CC(=O)O. The molecular formula is C34H38N2O6. The standard InChI is InChI=1S/C34H38N2O6/c1-22(41-20-23-11-3-2-4-12-23)32(33(39)35-30-18-10-5-13-24(30)19-31(37)38)36-34(40)42-21-29-27-16-8-6-14-25(27)26-15-7-9-17-28(26)29/h2-4,6-9,11-12,14-17,22,24,29-30,32H,5,10,13,18-21H2,1H3,(H,35,39)(H,36,40)(H,37,38). The Bertz CT molecular complexity index is 1350. The highest BCUT2D eigenvalue weighted by Crippen LogP contribution is 2.44. The Kier molecular flexibility index (Phi) is 9.54. The molecule has 0 radical (unpaired) electrons. The van der Waals surface area contributed by atoms with Gasteiger partial charge in [0.1, 0.15) is 12.6 Å². The molecule has 1 fully saturated rings. The molecule has 4 atom stereocenters. The van der Waals surface area contributed by atoms with E-state index < -0.39 is 30.1 Å². The predicted molar refractivity (Wildman–Crippen MR) is 159 cm³/mol. The molecule has 0 spiro atoms. The van der Waals surface area contributed by atoms with Crippen LogP contribution in [0, 0.1) is 5.92 Å². The van der Waals surface area contributed by atoms with Crippen LogP contribution in [-0.4, -0.2) is 47.9 Å². The highest BCUT2D eigenvalue weighted by molar-refractivity contribution is 5.86. The summed E-state index contributed by atoms with van der Waals surface area (Å²) >= 11 is 0. The predicted octanol–water partition coefficient (Wildman–Crippen LogP) is 5.65. The summed E-state index contributed by atoms with van der Waals surface area (Å²) in [6.45, 7) is 2.13. The molecule has 3 aromatic rings. The fraction of sp³-hybridized carbons (Fsp3) is 0.382. The normalized spacial score (nSPS) is 19.2. The molecule has 2 aliphatic carbocycles. The summed E-state index contributed by atoms with van der Waals surface area (Å²) in [7, 11) is 0. The van der Waals surface area contributed by atoms with Gasteiger partial charge in [0.2, 0.25) is 5.91 Å². The topological polar surface area (TPSA) is 114 Å². The lowest BCUT2D eigenvalue weighted by molar-refractivity contribution is -0.139. The highest BCUT2D eigenvalue weighted by atomic mass is 16.5.